The summed E-state index contributed by atoms with van der Waals surface area (Å²) < 4.78 is 30.4. The van der Waals surface area contributed by atoms with Crippen molar-refractivity contribution in [3.8, 4) is 0 Å². The summed E-state index contributed by atoms with van der Waals surface area (Å²) in [6.45, 7) is 2.45. The van der Waals surface area contributed by atoms with Gasteiger partial charge in [-0.05, 0) is 36.8 Å². The number of nitrogens with zero attached hydrogens (tertiary/aromatic N) is 1. The average Bonchev–Trinajstić information content (AvgIpc) is 3.11. The molecule has 0 fully saturated rings. The first-order chi connectivity index (χ1) is 12.8. The van der Waals surface area contributed by atoms with Crippen molar-refractivity contribution >= 4 is 15.7 Å². The molecule has 140 valence electrons. The van der Waals surface area contributed by atoms with E-state index >= 15 is 0 Å². The van der Waals surface area contributed by atoms with Crippen LogP contribution in [0.4, 0.5) is 0 Å². The lowest BCUT2D eigenvalue weighted by Gasteiger charge is -2.16. The summed E-state index contributed by atoms with van der Waals surface area (Å²) >= 11 is 0. The van der Waals surface area contributed by atoms with Crippen LogP contribution in [-0.2, 0) is 22.1 Å². The van der Waals surface area contributed by atoms with Crippen molar-refractivity contribution < 1.29 is 17.6 Å². The third-order valence-corrected chi connectivity index (χ3v) is 5.85. The molecule has 0 bridgehead atoms. The first kappa shape index (κ1) is 18.9. The van der Waals surface area contributed by atoms with Gasteiger partial charge >= 0.3 is 0 Å². The summed E-state index contributed by atoms with van der Waals surface area (Å²) in [4.78, 5) is 14.3. The number of carbonyl (C=O) groups excluding carboxylic acids is 1. The van der Waals surface area contributed by atoms with Crippen LogP contribution < -0.4 is 0 Å². The third-order valence-electron chi connectivity index (χ3n) is 4.19. The summed E-state index contributed by atoms with van der Waals surface area (Å²) in [5, 5.41) is 0. The first-order valence-electron chi connectivity index (χ1n) is 8.53. The van der Waals surface area contributed by atoms with Crippen LogP contribution in [0.1, 0.15) is 27.4 Å². The number of aryl methyl sites for hydroxylation is 1. The van der Waals surface area contributed by atoms with Gasteiger partial charge in [-0.25, -0.2) is 8.42 Å². The molecular weight excluding hydrogens is 362 g/mol. The summed E-state index contributed by atoms with van der Waals surface area (Å²) in [5.74, 6) is -0.209. The Bertz CT molecular complexity index is 1020. The van der Waals surface area contributed by atoms with Crippen LogP contribution in [0.5, 0.6) is 0 Å². The van der Waals surface area contributed by atoms with Gasteiger partial charge in [-0.15, -0.1) is 0 Å². The van der Waals surface area contributed by atoms with Crippen molar-refractivity contribution in [1.82, 2.24) is 4.90 Å². The normalized spacial score (nSPS) is 11.3. The smallest absolute Gasteiger partial charge is 0.289 e. The van der Waals surface area contributed by atoms with Crippen LogP contribution in [0.25, 0.3) is 0 Å². The zero-order valence-electron chi connectivity index (χ0n) is 15.3. The van der Waals surface area contributed by atoms with Gasteiger partial charge in [0.1, 0.15) is 11.5 Å². The summed E-state index contributed by atoms with van der Waals surface area (Å²) in [6.07, 6.45) is 0. The van der Waals surface area contributed by atoms with Gasteiger partial charge < -0.3 is 9.32 Å². The van der Waals surface area contributed by atoms with E-state index in [0.717, 1.165) is 11.1 Å². The Morgan fingerprint density at radius 2 is 1.63 bits per heavy atom. The van der Waals surface area contributed by atoms with E-state index in [-0.39, 0.29) is 28.1 Å². The Morgan fingerprint density at radius 1 is 0.963 bits per heavy atom. The Morgan fingerprint density at radius 3 is 2.30 bits per heavy atom. The maximum absolute atomic E-state index is 12.5. The van der Waals surface area contributed by atoms with Gasteiger partial charge in [-0.2, -0.15) is 0 Å². The number of amides is 1. The SMILES string of the molecule is Cc1ccc(CN(C)C(=O)c2ccc(CS(=O)(=O)c3ccccc3)o2)cc1. The highest BCUT2D eigenvalue weighted by Gasteiger charge is 2.20. The predicted octanol–water partition coefficient (Wildman–Crippen LogP) is 3.83. The van der Waals surface area contributed by atoms with Crippen molar-refractivity contribution in [3.63, 3.8) is 0 Å². The molecule has 0 radical (unpaired) electrons. The second-order valence-electron chi connectivity index (χ2n) is 6.48. The molecule has 0 aliphatic rings. The molecule has 0 atom stereocenters. The molecule has 0 spiro atoms. The van der Waals surface area contributed by atoms with Crippen molar-refractivity contribution in [2.24, 2.45) is 0 Å². The zero-order valence-corrected chi connectivity index (χ0v) is 16.1. The molecular formula is C21H21NO4S. The van der Waals surface area contributed by atoms with E-state index in [1.54, 1.807) is 42.3 Å². The predicted molar refractivity (Wildman–Crippen MR) is 103 cm³/mol. The summed E-state index contributed by atoms with van der Waals surface area (Å²) in [6, 6.07) is 19.2. The highest BCUT2D eigenvalue weighted by Crippen LogP contribution is 2.19. The monoisotopic (exact) mass is 383 g/mol. The van der Waals surface area contributed by atoms with E-state index in [9.17, 15) is 13.2 Å². The molecule has 6 heteroatoms. The molecule has 2 aromatic carbocycles. The van der Waals surface area contributed by atoms with Crippen LogP contribution >= 0.6 is 0 Å². The fourth-order valence-corrected chi connectivity index (χ4v) is 3.96. The number of furan rings is 1. The minimum Gasteiger partial charge on any atom is -0.455 e. The molecule has 0 aliphatic carbocycles. The van der Waals surface area contributed by atoms with E-state index < -0.39 is 9.84 Å². The number of hydrogen-bond donors (Lipinski definition) is 0. The van der Waals surface area contributed by atoms with Crippen LogP contribution in [0.15, 0.2) is 76.0 Å². The molecule has 27 heavy (non-hydrogen) atoms. The largest absolute Gasteiger partial charge is 0.455 e. The molecule has 1 amide bonds. The highest BCUT2D eigenvalue weighted by molar-refractivity contribution is 7.90. The van der Waals surface area contributed by atoms with Crippen molar-refractivity contribution in [2.75, 3.05) is 7.05 Å². The summed E-state index contributed by atoms with van der Waals surface area (Å²) in [5.41, 5.74) is 2.16. The van der Waals surface area contributed by atoms with Crippen molar-refractivity contribution in [2.45, 2.75) is 24.1 Å². The number of hydrogen-bond acceptors (Lipinski definition) is 4. The molecule has 0 saturated carbocycles. The number of carbonyl (C=O) groups is 1. The van der Waals surface area contributed by atoms with E-state index in [0.29, 0.717) is 6.54 Å². The fraction of sp³-hybridized carbons (Fsp3) is 0.190. The Balaban J connectivity index is 1.69. The zero-order chi connectivity index (χ0) is 19.4. The lowest BCUT2D eigenvalue weighted by atomic mass is 10.1. The highest BCUT2D eigenvalue weighted by atomic mass is 32.2. The van der Waals surface area contributed by atoms with E-state index in [1.165, 1.54) is 12.1 Å². The molecule has 3 rings (SSSR count). The van der Waals surface area contributed by atoms with Gasteiger partial charge in [0, 0.05) is 13.6 Å². The van der Waals surface area contributed by atoms with Crippen LogP contribution in [0.2, 0.25) is 0 Å². The minimum atomic E-state index is -3.52. The van der Waals surface area contributed by atoms with E-state index in [2.05, 4.69) is 0 Å². The molecule has 5 nitrogen and oxygen atoms in total. The number of sulfone groups is 1. The first-order valence-corrected chi connectivity index (χ1v) is 10.2. The van der Waals surface area contributed by atoms with Gasteiger partial charge in [0.15, 0.2) is 15.6 Å². The topological polar surface area (TPSA) is 67.6 Å². The summed E-state index contributed by atoms with van der Waals surface area (Å²) in [7, 11) is -1.83. The van der Waals surface area contributed by atoms with E-state index in [1.807, 2.05) is 31.2 Å². The maximum atomic E-state index is 12.5. The standard InChI is InChI=1S/C21H21NO4S/c1-16-8-10-17(11-9-16)14-22(2)21(23)20-13-12-18(26-20)15-27(24,25)19-6-4-3-5-7-19/h3-13H,14-15H2,1-2H3. The quantitative estimate of drug-likeness (QED) is 0.649. The van der Waals surface area contributed by atoms with Gasteiger partial charge in [-0.1, -0.05) is 48.0 Å². The van der Waals surface area contributed by atoms with E-state index in [4.69, 9.17) is 4.42 Å². The number of rotatable bonds is 6. The van der Waals surface area contributed by atoms with Gasteiger partial charge in [0.25, 0.3) is 5.91 Å². The molecule has 3 aromatic rings. The lowest BCUT2D eigenvalue weighted by Crippen LogP contribution is -2.25. The maximum Gasteiger partial charge on any atom is 0.289 e. The molecule has 1 aromatic heterocycles. The van der Waals surface area contributed by atoms with Gasteiger partial charge in [-0.3, -0.25) is 4.79 Å². The van der Waals surface area contributed by atoms with Gasteiger partial charge in [0.05, 0.1) is 4.90 Å². The Labute approximate surface area is 159 Å². The second kappa shape index (κ2) is 7.80. The molecule has 0 aliphatic heterocycles. The third kappa shape index (κ3) is 4.65. The molecule has 1 heterocycles. The fourth-order valence-electron chi connectivity index (χ4n) is 2.70. The average molecular weight is 383 g/mol. The van der Waals surface area contributed by atoms with Gasteiger partial charge in [0.2, 0.25) is 0 Å². The van der Waals surface area contributed by atoms with Crippen molar-refractivity contribution in [3.05, 3.63) is 89.4 Å². The second-order valence-corrected chi connectivity index (χ2v) is 8.47. The molecule has 0 unspecified atom stereocenters. The van der Waals surface area contributed by atoms with Crippen LogP contribution in [-0.4, -0.2) is 26.3 Å². The Hall–Kier alpha value is -2.86. The Kier molecular flexibility index (Phi) is 5.46. The lowest BCUT2D eigenvalue weighted by molar-refractivity contribution is 0.0752. The number of benzene rings is 2. The minimum absolute atomic E-state index is 0.128. The molecule has 0 saturated heterocycles. The molecule has 0 N–H and O–H groups in total. The van der Waals surface area contributed by atoms with Crippen molar-refractivity contribution in [1.29, 1.82) is 0 Å². The van der Waals surface area contributed by atoms with Crippen LogP contribution in [0, 0.1) is 6.92 Å². The van der Waals surface area contributed by atoms with Crippen LogP contribution in [0.3, 0.4) is 0 Å².